The van der Waals surface area contributed by atoms with Gasteiger partial charge in [-0.1, -0.05) is 6.07 Å². The highest BCUT2D eigenvalue weighted by atomic mass is 19.1. The van der Waals surface area contributed by atoms with Crippen LogP contribution in [0.4, 0.5) is 4.39 Å². The van der Waals surface area contributed by atoms with Gasteiger partial charge in [0.25, 0.3) is 6.02 Å². The Morgan fingerprint density at radius 1 is 1.31 bits per heavy atom. The fraction of sp³-hybridized carbons (Fsp3) is 0.455. The summed E-state index contributed by atoms with van der Waals surface area (Å²) in [6, 6.07) is 9.34. The third-order valence-corrected chi connectivity index (χ3v) is 6.30. The molecule has 0 saturated heterocycles. The number of nitrogens with two attached hydrogens (primary N) is 1. The number of halogens is 1. The van der Waals surface area contributed by atoms with Crippen molar-refractivity contribution in [3.8, 4) is 16.9 Å². The number of nitrogens with zero attached hydrogens (tertiary/aromatic N) is 2. The van der Waals surface area contributed by atoms with Crippen LogP contribution >= 0.6 is 0 Å². The summed E-state index contributed by atoms with van der Waals surface area (Å²) >= 11 is 0. The second-order valence-electron chi connectivity index (χ2n) is 7.87. The predicted molar refractivity (Wildman–Crippen MR) is 106 cm³/mol. The molecule has 4 atom stereocenters. The van der Waals surface area contributed by atoms with E-state index in [-0.39, 0.29) is 24.1 Å². The van der Waals surface area contributed by atoms with E-state index in [4.69, 9.17) is 24.9 Å². The van der Waals surface area contributed by atoms with Crippen LogP contribution < -0.4 is 10.5 Å². The highest BCUT2D eigenvalue weighted by Crippen LogP contribution is 2.53. The number of amidine groups is 1. The first-order valence-corrected chi connectivity index (χ1v) is 10.1. The zero-order valence-corrected chi connectivity index (χ0v) is 16.3. The van der Waals surface area contributed by atoms with Crippen LogP contribution in [-0.4, -0.2) is 36.4 Å². The third kappa shape index (κ3) is 2.95. The van der Waals surface area contributed by atoms with Crippen LogP contribution in [0.25, 0.3) is 11.1 Å². The Kier molecular flexibility index (Phi) is 4.42. The van der Waals surface area contributed by atoms with Crippen LogP contribution in [0.5, 0.6) is 5.75 Å². The fourth-order valence-corrected chi connectivity index (χ4v) is 5.01. The number of aliphatic imine (C=N–C) groups is 1. The Balaban J connectivity index is 1.62. The average Bonchev–Trinajstić information content (AvgIpc) is 3.12. The first-order valence-electron chi connectivity index (χ1n) is 10.1. The zero-order valence-electron chi connectivity index (χ0n) is 16.3. The molecular weight excluding hydrogens is 373 g/mol. The second kappa shape index (κ2) is 6.99. The lowest BCUT2D eigenvalue weighted by Crippen LogP contribution is -2.52. The molecular formula is C22H24FN3O3. The number of benzene rings is 1. The van der Waals surface area contributed by atoms with Crippen LogP contribution in [0, 0.1) is 11.9 Å². The van der Waals surface area contributed by atoms with Gasteiger partial charge in [0.1, 0.15) is 24.0 Å². The monoisotopic (exact) mass is 397 g/mol. The summed E-state index contributed by atoms with van der Waals surface area (Å²) in [4.78, 5) is 8.56. The van der Waals surface area contributed by atoms with Crippen molar-refractivity contribution in [2.75, 3.05) is 13.2 Å². The maximum absolute atomic E-state index is 14.3. The Labute approximate surface area is 168 Å². The molecule has 1 spiro atoms. The molecule has 2 N–H and O–H groups in total. The van der Waals surface area contributed by atoms with Crippen molar-refractivity contribution in [2.45, 2.75) is 43.9 Å². The van der Waals surface area contributed by atoms with E-state index in [1.807, 2.05) is 25.1 Å². The minimum absolute atomic E-state index is 0.0263. The Morgan fingerprint density at radius 3 is 2.97 bits per heavy atom. The molecule has 5 rings (SSSR count). The number of hydrogen-bond acceptors (Lipinski definition) is 6. The lowest BCUT2D eigenvalue weighted by Gasteiger charge is -2.47. The summed E-state index contributed by atoms with van der Waals surface area (Å²) in [7, 11) is 0. The fourth-order valence-electron chi connectivity index (χ4n) is 5.01. The molecule has 1 fully saturated rings. The molecule has 7 heteroatoms. The van der Waals surface area contributed by atoms with Crippen LogP contribution in [0.2, 0.25) is 0 Å². The van der Waals surface area contributed by atoms with Crippen LogP contribution in [-0.2, 0) is 15.0 Å². The summed E-state index contributed by atoms with van der Waals surface area (Å²) in [5.74, 6) is 0.336. The predicted octanol–water partition coefficient (Wildman–Crippen LogP) is 3.39. The van der Waals surface area contributed by atoms with Crippen LogP contribution in [0.1, 0.15) is 31.7 Å². The summed E-state index contributed by atoms with van der Waals surface area (Å²) in [5.41, 5.74) is 7.39. The van der Waals surface area contributed by atoms with E-state index in [1.54, 1.807) is 12.1 Å². The van der Waals surface area contributed by atoms with Crippen molar-refractivity contribution in [1.29, 1.82) is 0 Å². The molecule has 0 amide bonds. The number of ether oxygens (including phenoxy) is 3. The summed E-state index contributed by atoms with van der Waals surface area (Å²) in [6.07, 6.45) is 4.31. The molecule has 3 aliphatic rings. The van der Waals surface area contributed by atoms with Crippen molar-refractivity contribution in [1.82, 2.24) is 4.98 Å². The first kappa shape index (κ1) is 18.4. The van der Waals surface area contributed by atoms with E-state index < -0.39 is 11.5 Å². The normalized spacial score (nSPS) is 30.1. The van der Waals surface area contributed by atoms with Crippen molar-refractivity contribution in [3.63, 3.8) is 0 Å². The van der Waals surface area contributed by atoms with E-state index >= 15 is 0 Å². The third-order valence-electron chi connectivity index (χ3n) is 6.30. The van der Waals surface area contributed by atoms with Gasteiger partial charge in [0.2, 0.25) is 5.95 Å². The van der Waals surface area contributed by atoms with Gasteiger partial charge in [-0.2, -0.15) is 4.39 Å². The molecule has 6 nitrogen and oxygen atoms in total. The van der Waals surface area contributed by atoms with Crippen molar-refractivity contribution in [2.24, 2.45) is 16.6 Å². The van der Waals surface area contributed by atoms with Gasteiger partial charge in [0.05, 0.1) is 6.10 Å². The maximum atomic E-state index is 14.3. The van der Waals surface area contributed by atoms with Crippen molar-refractivity contribution < 1.29 is 18.6 Å². The minimum atomic E-state index is -0.646. The largest absolute Gasteiger partial charge is 0.490 e. The van der Waals surface area contributed by atoms with E-state index in [0.717, 1.165) is 36.1 Å². The maximum Gasteiger partial charge on any atom is 0.283 e. The van der Waals surface area contributed by atoms with Gasteiger partial charge in [0.15, 0.2) is 0 Å². The molecule has 1 saturated carbocycles. The number of rotatable bonds is 3. The van der Waals surface area contributed by atoms with E-state index in [2.05, 4.69) is 4.98 Å². The number of aromatic nitrogens is 1. The number of hydrogen-bond donors (Lipinski definition) is 1. The molecule has 3 heterocycles. The second-order valence-corrected chi connectivity index (χ2v) is 7.87. The van der Waals surface area contributed by atoms with Crippen LogP contribution in [0.3, 0.4) is 0 Å². The molecule has 2 aliphatic heterocycles. The minimum Gasteiger partial charge on any atom is -0.490 e. The topological polar surface area (TPSA) is 79.0 Å². The average molecular weight is 397 g/mol. The highest BCUT2D eigenvalue weighted by Gasteiger charge is 2.55. The zero-order chi connectivity index (χ0) is 20.0. The molecule has 1 aliphatic carbocycles. The standard InChI is InChI=1S/C22H24FN3O3/c1-2-27-14-6-8-19-17(11-14)22(12-28-21(24)26-22)16-10-13(5-7-18(16)29-19)15-4-3-9-25-20(15)23/h3-5,7,9-10,14,17,19H,2,6,8,11-12H2,1H3,(H2,24,26)/t14-,17-,19-,22?/m0/s1. The van der Waals surface area contributed by atoms with Gasteiger partial charge in [-0.15, -0.1) is 0 Å². The summed E-state index contributed by atoms with van der Waals surface area (Å²) in [5, 5.41) is 0. The highest BCUT2D eigenvalue weighted by molar-refractivity contribution is 5.75. The molecule has 1 unspecified atom stereocenters. The number of pyridine rings is 1. The van der Waals surface area contributed by atoms with Gasteiger partial charge in [0, 0.05) is 29.8 Å². The lowest BCUT2D eigenvalue weighted by molar-refractivity contribution is -0.0595. The van der Waals surface area contributed by atoms with Gasteiger partial charge >= 0.3 is 0 Å². The Hall–Kier alpha value is -2.67. The van der Waals surface area contributed by atoms with Crippen molar-refractivity contribution in [3.05, 3.63) is 48.0 Å². The molecule has 0 bridgehead atoms. The van der Waals surface area contributed by atoms with Gasteiger partial charge in [-0.05, 0) is 56.0 Å². The molecule has 1 aromatic carbocycles. The summed E-state index contributed by atoms with van der Waals surface area (Å²) in [6.45, 7) is 3.05. The lowest BCUT2D eigenvalue weighted by atomic mass is 9.67. The summed E-state index contributed by atoms with van der Waals surface area (Å²) < 4.78 is 32.3. The van der Waals surface area contributed by atoms with Crippen molar-refractivity contribution >= 4 is 6.02 Å². The SMILES string of the molecule is CCO[C@H]1CC[C@@H]2Oc3ccc(-c4cccnc4F)cc3C3(COC(N)=N3)[C@H]2C1. The molecule has 29 heavy (non-hydrogen) atoms. The van der Waals surface area contributed by atoms with Crippen LogP contribution in [0.15, 0.2) is 41.5 Å². The Bertz CT molecular complexity index is 966. The van der Waals surface area contributed by atoms with E-state index in [1.165, 1.54) is 6.20 Å². The van der Waals surface area contributed by atoms with Gasteiger partial charge in [-0.25, -0.2) is 9.98 Å². The quantitative estimate of drug-likeness (QED) is 0.803. The Morgan fingerprint density at radius 2 is 2.21 bits per heavy atom. The smallest absolute Gasteiger partial charge is 0.283 e. The number of fused-ring (bicyclic) bond motifs is 4. The first-order chi connectivity index (χ1) is 14.1. The molecule has 1 aromatic heterocycles. The molecule has 2 aromatic rings. The molecule has 0 radical (unpaired) electrons. The molecule has 152 valence electrons. The van der Waals surface area contributed by atoms with E-state index in [0.29, 0.717) is 18.8 Å². The van der Waals surface area contributed by atoms with E-state index in [9.17, 15) is 4.39 Å². The van der Waals surface area contributed by atoms with Gasteiger partial charge < -0.3 is 19.9 Å². The van der Waals surface area contributed by atoms with Gasteiger partial charge in [-0.3, -0.25) is 0 Å².